The third kappa shape index (κ3) is 4.21. The van der Waals surface area contributed by atoms with Crippen molar-refractivity contribution in [1.82, 2.24) is 9.97 Å². The molecule has 0 radical (unpaired) electrons. The van der Waals surface area contributed by atoms with Gasteiger partial charge in [-0.2, -0.15) is 18.2 Å². The molecule has 124 valence electrons. The molecule has 0 saturated heterocycles. The predicted octanol–water partition coefficient (Wildman–Crippen LogP) is 3.82. The maximum atomic E-state index is 13.6. The van der Waals surface area contributed by atoms with E-state index in [1.807, 2.05) is 0 Å². The summed E-state index contributed by atoms with van der Waals surface area (Å²) in [5, 5.41) is 5.24. The quantitative estimate of drug-likeness (QED) is 0.816. The minimum Gasteiger partial charge on any atom is -0.494 e. The Morgan fingerprint density at radius 1 is 1.17 bits per heavy atom. The minimum absolute atomic E-state index is 0.0301. The van der Waals surface area contributed by atoms with Crippen LogP contribution in [0.15, 0.2) is 24.3 Å². The molecule has 2 N–H and O–H groups in total. The van der Waals surface area contributed by atoms with Crippen LogP contribution < -0.4 is 15.4 Å². The maximum absolute atomic E-state index is 13.6. The summed E-state index contributed by atoms with van der Waals surface area (Å²) >= 11 is 0. The Bertz CT molecular complexity index is 691. The van der Waals surface area contributed by atoms with E-state index in [-0.39, 0.29) is 23.2 Å². The second-order valence-electron chi connectivity index (χ2n) is 4.46. The Labute approximate surface area is 129 Å². The van der Waals surface area contributed by atoms with Gasteiger partial charge in [0.05, 0.1) is 7.11 Å². The molecule has 1 aromatic heterocycles. The van der Waals surface area contributed by atoms with E-state index in [1.54, 1.807) is 6.92 Å². The van der Waals surface area contributed by atoms with Gasteiger partial charge >= 0.3 is 6.18 Å². The third-order valence-electron chi connectivity index (χ3n) is 2.78. The zero-order valence-electron chi connectivity index (χ0n) is 12.3. The third-order valence-corrected chi connectivity index (χ3v) is 2.78. The summed E-state index contributed by atoms with van der Waals surface area (Å²) in [6.45, 7) is 2.06. The molecule has 9 heteroatoms. The lowest BCUT2D eigenvalue weighted by atomic mass is 10.3. The minimum atomic E-state index is -4.62. The zero-order chi connectivity index (χ0) is 17.0. The lowest BCUT2D eigenvalue weighted by Gasteiger charge is -2.12. The number of methoxy groups -OCH3 is 1. The van der Waals surface area contributed by atoms with Crippen molar-refractivity contribution >= 4 is 17.5 Å². The van der Waals surface area contributed by atoms with Crippen LogP contribution in [0.1, 0.15) is 12.6 Å². The van der Waals surface area contributed by atoms with Crippen LogP contribution in [0.3, 0.4) is 0 Å². The van der Waals surface area contributed by atoms with Crippen molar-refractivity contribution in [1.29, 1.82) is 0 Å². The van der Waals surface area contributed by atoms with Crippen LogP contribution in [0.2, 0.25) is 0 Å². The Kier molecular flexibility index (Phi) is 4.87. The number of alkyl halides is 3. The average molecular weight is 330 g/mol. The van der Waals surface area contributed by atoms with E-state index in [0.29, 0.717) is 6.54 Å². The highest BCUT2D eigenvalue weighted by Crippen LogP contribution is 2.31. The van der Waals surface area contributed by atoms with Crippen LogP contribution in [0.5, 0.6) is 5.75 Å². The molecular formula is C14H14F4N4O. The van der Waals surface area contributed by atoms with Gasteiger partial charge < -0.3 is 15.4 Å². The Morgan fingerprint density at radius 3 is 2.48 bits per heavy atom. The Hall–Kier alpha value is -2.58. The SMILES string of the molecule is CCNc1nc(Nc2ccc(OC)c(F)c2)cc(C(F)(F)F)n1. The number of hydrogen-bond donors (Lipinski definition) is 2. The molecule has 0 aliphatic rings. The summed E-state index contributed by atoms with van der Waals surface area (Å²) in [7, 11) is 1.31. The van der Waals surface area contributed by atoms with Gasteiger partial charge in [0.2, 0.25) is 5.95 Å². The van der Waals surface area contributed by atoms with Gasteiger partial charge in [-0.1, -0.05) is 0 Å². The second-order valence-corrected chi connectivity index (χ2v) is 4.46. The van der Waals surface area contributed by atoms with E-state index in [4.69, 9.17) is 4.74 Å². The Morgan fingerprint density at radius 2 is 1.91 bits per heavy atom. The summed E-state index contributed by atoms with van der Waals surface area (Å²) in [6.07, 6.45) is -4.62. The second kappa shape index (κ2) is 6.67. The summed E-state index contributed by atoms with van der Waals surface area (Å²) in [5.41, 5.74) is -0.863. The van der Waals surface area contributed by atoms with E-state index < -0.39 is 17.7 Å². The lowest BCUT2D eigenvalue weighted by molar-refractivity contribution is -0.141. The molecule has 0 aliphatic heterocycles. The molecule has 0 spiro atoms. The molecule has 0 aliphatic carbocycles. The molecule has 5 nitrogen and oxygen atoms in total. The fourth-order valence-corrected chi connectivity index (χ4v) is 1.79. The number of hydrogen-bond acceptors (Lipinski definition) is 5. The topological polar surface area (TPSA) is 59.1 Å². The van der Waals surface area contributed by atoms with Gasteiger partial charge in [0.25, 0.3) is 0 Å². The van der Waals surface area contributed by atoms with Gasteiger partial charge in [-0.3, -0.25) is 0 Å². The highest BCUT2D eigenvalue weighted by Gasteiger charge is 2.33. The van der Waals surface area contributed by atoms with E-state index in [9.17, 15) is 17.6 Å². The van der Waals surface area contributed by atoms with Gasteiger partial charge in [0.1, 0.15) is 5.82 Å². The van der Waals surface area contributed by atoms with Crippen molar-refractivity contribution in [2.75, 3.05) is 24.3 Å². The number of halogens is 4. The number of aromatic nitrogens is 2. The van der Waals surface area contributed by atoms with Crippen LogP contribution in [0.25, 0.3) is 0 Å². The van der Waals surface area contributed by atoms with E-state index in [1.165, 1.54) is 19.2 Å². The first-order valence-corrected chi connectivity index (χ1v) is 6.64. The summed E-state index contributed by atoms with van der Waals surface area (Å²) < 4.78 is 57.0. The standard InChI is InChI=1S/C14H14F4N4O/c1-3-19-13-21-11(14(16,17)18)7-12(22-13)20-8-4-5-10(23-2)9(15)6-8/h4-7H,3H2,1-2H3,(H2,19,20,21,22). The normalized spacial score (nSPS) is 11.2. The van der Waals surface area contributed by atoms with Crippen LogP contribution in [0.4, 0.5) is 35.0 Å². The van der Waals surface area contributed by atoms with Gasteiger partial charge in [0, 0.05) is 24.4 Å². The molecular weight excluding hydrogens is 316 g/mol. The monoisotopic (exact) mass is 330 g/mol. The average Bonchev–Trinajstić information content (AvgIpc) is 2.46. The van der Waals surface area contributed by atoms with Crippen LogP contribution in [-0.4, -0.2) is 23.6 Å². The number of ether oxygens (including phenoxy) is 1. The molecule has 0 atom stereocenters. The number of nitrogens with zero attached hydrogens (tertiary/aromatic N) is 2. The summed E-state index contributed by atoms with van der Waals surface area (Å²) in [6, 6.07) is 4.67. The van der Waals surface area contributed by atoms with Crippen molar-refractivity contribution in [2.24, 2.45) is 0 Å². The highest BCUT2D eigenvalue weighted by molar-refractivity contribution is 5.59. The fraction of sp³-hybridized carbons (Fsp3) is 0.286. The number of nitrogens with one attached hydrogen (secondary N) is 2. The van der Waals surface area contributed by atoms with Gasteiger partial charge in [-0.05, 0) is 19.1 Å². The highest BCUT2D eigenvalue weighted by atomic mass is 19.4. The van der Waals surface area contributed by atoms with E-state index >= 15 is 0 Å². The van der Waals surface area contributed by atoms with E-state index in [0.717, 1.165) is 12.1 Å². The Balaban J connectivity index is 2.34. The van der Waals surface area contributed by atoms with Crippen molar-refractivity contribution in [2.45, 2.75) is 13.1 Å². The molecule has 2 aromatic rings. The van der Waals surface area contributed by atoms with Gasteiger partial charge in [0.15, 0.2) is 17.3 Å². The molecule has 0 saturated carbocycles. The first-order chi connectivity index (χ1) is 10.8. The van der Waals surface area contributed by atoms with Crippen molar-refractivity contribution in [3.63, 3.8) is 0 Å². The lowest BCUT2D eigenvalue weighted by Crippen LogP contribution is -2.13. The van der Waals surface area contributed by atoms with Crippen molar-refractivity contribution in [3.8, 4) is 5.75 Å². The molecule has 1 aromatic carbocycles. The molecule has 0 fully saturated rings. The fourth-order valence-electron chi connectivity index (χ4n) is 1.79. The van der Waals surface area contributed by atoms with Crippen LogP contribution >= 0.6 is 0 Å². The first kappa shape index (κ1) is 16.8. The molecule has 0 bridgehead atoms. The van der Waals surface area contributed by atoms with Crippen LogP contribution in [0, 0.1) is 5.82 Å². The smallest absolute Gasteiger partial charge is 0.433 e. The van der Waals surface area contributed by atoms with Crippen molar-refractivity contribution in [3.05, 3.63) is 35.8 Å². The molecule has 0 amide bonds. The molecule has 23 heavy (non-hydrogen) atoms. The van der Waals surface area contributed by atoms with Gasteiger partial charge in [-0.15, -0.1) is 0 Å². The number of rotatable bonds is 5. The van der Waals surface area contributed by atoms with Crippen LogP contribution in [-0.2, 0) is 6.18 Å². The molecule has 2 rings (SSSR count). The maximum Gasteiger partial charge on any atom is 0.433 e. The van der Waals surface area contributed by atoms with Crippen molar-refractivity contribution < 1.29 is 22.3 Å². The largest absolute Gasteiger partial charge is 0.494 e. The number of benzene rings is 1. The predicted molar refractivity (Wildman–Crippen MR) is 77.4 cm³/mol. The van der Waals surface area contributed by atoms with Gasteiger partial charge in [-0.25, -0.2) is 9.37 Å². The van der Waals surface area contributed by atoms with E-state index in [2.05, 4.69) is 20.6 Å². The molecule has 0 unspecified atom stereocenters. The zero-order valence-corrected chi connectivity index (χ0v) is 12.3. The summed E-state index contributed by atoms with van der Waals surface area (Å²) in [4.78, 5) is 7.32. The molecule has 1 heterocycles. The summed E-state index contributed by atoms with van der Waals surface area (Å²) in [5.74, 6) is -0.885. The first-order valence-electron chi connectivity index (χ1n) is 6.64. The number of anilines is 3.